The fourth-order valence-electron chi connectivity index (χ4n) is 1.76. The molecular formula is C9H19NO. The first-order valence-corrected chi connectivity index (χ1v) is 4.75. The highest BCUT2D eigenvalue weighted by Gasteiger charge is 2.10. The second-order valence-corrected chi connectivity index (χ2v) is 3.41. The molecule has 0 amide bonds. The predicted molar refractivity (Wildman–Crippen MR) is 46.5 cm³/mol. The molecule has 1 rings (SSSR count). The summed E-state index contributed by atoms with van der Waals surface area (Å²) in [6, 6.07) is 0. The Hall–Kier alpha value is -0.0800. The minimum Gasteiger partial charge on any atom is -0.396 e. The van der Waals surface area contributed by atoms with E-state index in [0.717, 1.165) is 12.3 Å². The first-order valence-electron chi connectivity index (χ1n) is 4.75. The van der Waals surface area contributed by atoms with Crippen LogP contribution in [0.25, 0.3) is 0 Å². The molecule has 2 nitrogen and oxygen atoms in total. The number of nitrogens with one attached hydrogen (secondary N) is 1. The summed E-state index contributed by atoms with van der Waals surface area (Å²) in [6.07, 6.45) is 6.19. The van der Waals surface area contributed by atoms with E-state index in [1.165, 1.54) is 38.8 Å². The Labute approximate surface area is 69.0 Å². The van der Waals surface area contributed by atoms with Gasteiger partial charge in [0.15, 0.2) is 0 Å². The molecular weight excluding hydrogens is 138 g/mol. The summed E-state index contributed by atoms with van der Waals surface area (Å²) in [7, 11) is 0. The summed E-state index contributed by atoms with van der Waals surface area (Å²) in [6.45, 7) is 2.73. The van der Waals surface area contributed by atoms with Gasteiger partial charge in [-0.1, -0.05) is 0 Å². The van der Waals surface area contributed by atoms with Gasteiger partial charge in [-0.05, 0) is 51.1 Å². The predicted octanol–water partition coefficient (Wildman–Crippen LogP) is 1.15. The van der Waals surface area contributed by atoms with Gasteiger partial charge in [-0.15, -0.1) is 0 Å². The van der Waals surface area contributed by atoms with E-state index in [1.807, 2.05) is 0 Å². The third-order valence-corrected chi connectivity index (χ3v) is 2.47. The molecule has 1 aliphatic rings. The van der Waals surface area contributed by atoms with Crippen molar-refractivity contribution in [3.05, 3.63) is 0 Å². The Morgan fingerprint density at radius 3 is 3.00 bits per heavy atom. The van der Waals surface area contributed by atoms with Crippen molar-refractivity contribution >= 4 is 0 Å². The van der Waals surface area contributed by atoms with Crippen LogP contribution in [-0.2, 0) is 0 Å². The van der Waals surface area contributed by atoms with Crippen molar-refractivity contribution in [2.75, 3.05) is 19.7 Å². The normalized spacial score (nSPS) is 26.5. The van der Waals surface area contributed by atoms with E-state index in [4.69, 9.17) is 5.11 Å². The minimum atomic E-state index is 0.365. The molecule has 2 heteroatoms. The second kappa shape index (κ2) is 5.56. The smallest absolute Gasteiger partial charge is 0.0431 e. The van der Waals surface area contributed by atoms with Crippen LogP contribution in [-0.4, -0.2) is 24.8 Å². The van der Waals surface area contributed by atoms with E-state index in [0.29, 0.717) is 6.61 Å². The number of aliphatic hydroxyl groups excluding tert-OH is 1. The van der Waals surface area contributed by atoms with Crippen LogP contribution < -0.4 is 5.32 Å². The molecule has 0 aromatic carbocycles. The summed E-state index contributed by atoms with van der Waals surface area (Å²) in [5, 5.41) is 12.0. The molecule has 0 aromatic heterocycles. The van der Waals surface area contributed by atoms with Crippen LogP contribution in [0.2, 0.25) is 0 Å². The van der Waals surface area contributed by atoms with Gasteiger partial charge in [-0.3, -0.25) is 0 Å². The Bertz CT molecular complexity index is 87.6. The van der Waals surface area contributed by atoms with Gasteiger partial charge in [0.05, 0.1) is 0 Å². The van der Waals surface area contributed by atoms with Gasteiger partial charge in [0.1, 0.15) is 0 Å². The van der Waals surface area contributed by atoms with Crippen molar-refractivity contribution in [2.24, 2.45) is 5.92 Å². The topological polar surface area (TPSA) is 32.3 Å². The van der Waals surface area contributed by atoms with E-state index < -0.39 is 0 Å². The van der Waals surface area contributed by atoms with E-state index in [2.05, 4.69) is 5.32 Å². The van der Waals surface area contributed by atoms with E-state index in [-0.39, 0.29) is 0 Å². The molecule has 0 aliphatic carbocycles. The zero-order valence-corrected chi connectivity index (χ0v) is 7.18. The maximum absolute atomic E-state index is 8.65. The number of hydrogen-bond acceptors (Lipinski definition) is 2. The molecule has 0 aromatic rings. The summed E-state index contributed by atoms with van der Waals surface area (Å²) >= 11 is 0. The molecule has 0 radical (unpaired) electrons. The summed E-state index contributed by atoms with van der Waals surface area (Å²) in [5.41, 5.74) is 0. The number of rotatable bonds is 3. The summed E-state index contributed by atoms with van der Waals surface area (Å²) in [4.78, 5) is 0. The quantitative estimate of drug-likeness (QED) is 0.644. The zero-order chi connectivity index (χ0) is 7.94. The van der Waals surface area contributed by atoms with Gasteiger partial charge < -0.3 is 10.4 Å². The molecule has 2 N–H and O–H groups in total. The molecule has 1 fully saturated rings. The van der Waals surface area contributed by atoms with E-state index >= 15 is 0 Å². The van der Waals surface area contributed by atoms with Gasteiger partial charge in [0, 0.05) is 6.61 Å². The third kappa shape index (κ3) is 3.73. The fourth-order valence-corrected chi connectivity index (χ4v) is 1.76. The lowest BCUT2D eigenvalue weighted by molar-refractivity contribution is 0.267. The van der Waals surface area contributed by atoms with Crippen molar-refractivity contribution in [1.29, 1.82) is 0 Å². The van der Waals surface area contributed by atoms with Crippen LogP contribution in [0.1, 0.15) is 32.1 Å². The van der Waals surface area contributed by atoms with Crippen molar-refractivity contribution in [2.45, 2.75) is 32.1 Å². The lowest BCUT2D eigenvalue weighted by Gasteiger charge is -2.11. The van der Waals surface area contributed by atoms with Gasteiger partial charge in [0.2, 0.25) is 0 Å². The molecule has 66 valence electrons. The highest BCUT2D eigenvalue weighted by molar-refractivity contribution is 4.66. The average Bonchev–Trinajstić information content (AvgIpc) is 2.28. The first-order chi connectivity index (χ1) is 5.43. The van der Waals surface area contributed by atoms with Crippen LogP contribution in [0.4, 0.5) is 0 Å². The Morgan fingerprint density at radius 2 is 2.18 bits per heavy atom. The Balaban J connectivity index is 2.09. The van der Waals surface area contributed by atoms with Crippen molar-refractivity contribution in [3.63, 3.8) is 0 Å². The molecule has 1 atom stereocenters. The molecule has 1 unspecified atom stereocenters. The summed E-state index contributed by atoms with van der Waals surface area (Å²) < 4.78 is 0. The van der Waals surface area contributed by atoms with Crippen LogP contribution in [0.5, 0.6) is 0 Å². The third-order valence-electron chi connectivity index (χ3n) is 2.47. The van der Waals surface area contributed by atoms with Crippen LogP contribution >= 0.6 is 0 Å². The van der Waals surface area contributed by atoms with Crippen molar-refractivity contribution in [1.82, 2.24) is 5.32 Å². The van der Waals surface area contributed by atoms with Crippen molar-refractivity contribution in [3.8, 4) is 0 Å². The SMILES string of the molecule is OCCCC1CCCNCC1. The lowest BCUT2D eigenvalue weighted by atomic mass is 9.96. The highest BCUT2D eigenvalue weighted by Crippen LogP contribution is 2.18. The van der Waals surface area contributed by atoms with E-state index in [9.17, 15) is 0 Å². The Morgan fingerprint density at radius 1 is 1.27 bits per heavy atom. The van der Waals surface area contributed by atoms with Gasteiger partial charge >= 0.3 is 0 Å². The molecule has 0 saturated carbocycles. The molecule has 1 heterocycles. The highest BCUT2D eigenvalue weighted by atomic mass is 16.2. The van der Waals surface area contributed by atoms with E-state index in [1.54, 1.807) is 0 Å². The molecule has 1 aliphatic heterocycles. The molecule has 0 spiro atoms. The average molecular weight is 157 g/mol. The van der Waals surface area contributed by atoms with Gasteiger partial charge in [-0.2, -0.15) is 0 Å². The van der Waals surface area contributed by atoms with Crippen LogP contribution in [0.15, 0.2) is 0 Å². The summed E-state index contributed by atoms with van der Waals surface area (Å²) in [5.74, 6) is 0.872. The molecule has 1 saturated heterocycles. The first kappa shape index (κ1) is 9.01. The second-order valence-electron chi connectivity index (χ2n) is 3.41. The minimum absolute atomic E-state index is 0.365. The van der Waals surface area contributed by atoms with Crippen molar-refractivity contribution < 1.29 is 5.11 Å². The Kier molecular flexibility index (Phi) is 4.55. The van der Waals surface area contributed by atoms with Gasteiger partial charge in [0.25, 0.3) is 0 Å². The molecule has 11 heavy (non-hydrogen) atoms. The standard InChI is InChI=1S/C9H19NO/c11-8-2-4-9-3-1-6-10-7-5-9/h9-11H,1-8H2. The lowest BCUT2D eigenvalue weighted by Crippen LogP contribution is -2.14. The van der Waals surface area contributed by atoms with Gasteiger partial charge in [-0.25, -0.2) is 0 Å². The zero-order valence-electron chi connectivity index (χ0n) is 7.18. The molecule has 0 bridgehead atoms. The largest absolute Gasteiger partial charge is 0.396 e. The number of hydrogen-bond donors (Lipinski definition) is 2. The number of aliphatic hydroxyl groups is 1. The maximum atomic E-state index is 8.65. The maximum Gasteiger partial charge on any atom is 0.0431 e. The van der Waals surface area contributed by atoms with Crippen LogP contribution in [0, 0.1) is 5.92 Å². The fraction of sp³-hybridized carbons (Fsp3) is 1.00. The monoisotopic (exact) mass is 157 g/mol. The van der Waals surface area contributed by atoms with Crippen LogP contribution in [0.3, 0.4) is 0 Å².